The zero-order valence-corrected chi connectivity index (χ0v) is 11.5. The average molecular weight is 329 g/mol. The van der Waals surface area contributed by atoms with Gasteiger partial charge in [0.15, 0.2) is 0 Å². The molecule has 0 bridgehead atoms. The van der Waals surface area contributed by atoms with Gasteiger partial charge in [0.2, 0.25) is 5.91 Å². The van der Waals surface area contributed by atoms with Crippen LogP contribution < -0.4 is 5.73 Å². The minimum absolute atomic E-state index is 0.379. The zero-order valence-electron chi connectivity index (χ0n) is 11.5. The molecule has 0 aliphatic rings. The molecule has 0 fully saturated rings. The molecule has 23 heavy (non-hydrogen) atoms. The minimum Gasteiger partial charge on any atom is -0.478 e. The van der Waals surface area contributed by atoms with Gasteiger partial charge in [-0.15, -0.1) is 0 Å². The number of carbonyl (C=O) groups is 2. The molecule has 0 saturated heterocycles. The highest BCUT2D eigenvalue weighted by molar-refractivity contribution is 5.92. The number of alkyl halides is 3. The van der Waals surface area contributed by atoms with E-state index in [9.17, 15) is 27.2 Å². The van der Waals surface area contributed by atoms with E-state index in [4.69, 9.17) is 10.8 Å². The number of rotatable bonds is 2. The van der Waals surface area contributed by atoms with E-state index >= 15 is 0 Å². The molecule has 4 nitrogen and oxygen atoms in total. The van der Waals surface area contributed by atoms with Gasteiger partial charge in [-0.2, -0.15) is 13.2 Å². The van der Waals surface area contributed by atoms with Gasteiger partial charge in [0.05, 0.1) is 5.56 Å². The molecule has 0 saturated carbocycles. The number of benzene rings is 2. The van der Waals surface area contributed by atoms with E-state index in [1.807, 2.05) is 6.07 Å². The smallest absolute Gasteiger partial charge is 0.417 e. The Balaban J connectivity index is 0.000000253. The Morgan fingerprint density at radius 2 is 1.52 bits per heavy atom. The molecule has 0 spiro atoms. The normalized spacial score (nSPS) is 10.4. The van der Waals surface area contributed by atoms with E-state index in [2.05, 4.69) is 0 Å². The number of carboxylic acid groups (broad SMARTS) is 1. The van der Waals surface area contributed by atoms with Gasteiger partial charge in [-0.1, -0.05) is 24.3 Å². The maximum absolute atomic E-state index is 12.8. The highest BCUT2D eigenvalue weighted by Gasteiger charge is 2.36. The molecule has 8 heteroatoms. The van der Waals surface area contributed by atoms with Crippen molar-refractivity contribution in [2.24, 2.45) is 5.73 Å². The predicted molar refractivity (Wildman–Crippen MR) is 73.3 cm³/mol. The molecule has 2 aromatic rings. The van der Waals surface area contributed by atoms with E-state index in [0.29, 0.717) is 17.7 Å². The summed E-state index contributed by atoms with van der Waals surface area (Å²) in [7, 11) is 0. The van der Waals surface area contributed by atoms with E-state index in [1.165, 1.54) is 0 Å². The lowest BCUT2D eigenvalue weighted by Gasteiger charge is -2.09. The van der Waals surface area contributed by atoms with Crippen LogP contribution in [-0.4, -0.2) is 17.0 Å². The first-order valence-corrected chi connectivity index (χ1v) is 6.08. The summed E-state index contributed by atoms with van der Waals surface area (Å²) >= 11 is 0. The lowest BCUT2D eigenvalue weighted by Crippen LogP contribution is -2.14. The van der Waals surface area contributed by atoms with Gasteiger partial charge in [0.25, 0.3) is 0 Å². The third-order valence-electron chi connectivity index (χ3n) is 2.59. The molecule has 0 aromatic heterocycles. The summed E-state index contributed by atoms with van der Waals surface area (Å²) in [6.45, 7) is 0. The number of primary amides is 1. The van der Waals surface area contributed by atoms with Crippen LogP contribution in [0.1, 0.15) is 26.3 Å². The second-order valence-electron chi connectivity index (χ2n) is 4.20. The van der Waals surface area contributed by atoms with E-state index in [1.54, 1.807) is 24.3 Å². The van der Waals surface area contributed by atoms with Crippen molar-refractivity contribution in [2.45, 2.75) is 6.18 Å². The molecule has 0 aliphatic heterocycles. The third kappa shape index (κ3) is 5.10. The molecular formula is C15H11F4NO3. The molecule has 122 valence electrons. The summed E-state index contributed by atoms with van der Waals surface area (Å²) in [6, 6.07) is 10.8. The van der Waals surface area contributed by atoms with Gasteiger partial charge in [-0.05, 0) is 24.3 Å². The van der Waals surface area contributed by atoms with Crippen molar-refractivity contribution in [3.05, 3.63) is 71.0 Å². The number of carboxylic acids is 1. The fraction of sp³-hybridized carbons (Fsp3) is 0.0667. The Labute approximate surface area is 128 Å². The Hall–Kier alpha value is -2.90. The SMILES string of the molecule is NC(=O)c1ccccc1.O=C(O)c1c(F)cccc1C(F)(F)F. The van der Waals surface area contributed by atoms with Gasteiger partial charge >= 0.3 is 12.1 Å². The zero-order chi connectivity index (χ0) is 17.6. The summed E-state index contributed by atoms with van der Waals surface area (Å²) in [5.41, 5.74) is 2.70. The number of nitrogens with two attached hydrogens (primary N) is 1. The van der Waals surface area contributed by atoms with Gasteiger partial charge in [-0.3, -0.25) is 4.79 Å². The summed E-state index contributed by atoms with van der Waals surface area (Å²) < 4.78 is 49.2. The van der Waals surface area contributed by atoms with Crippen molar-refractivity contribution in [3.63, 3.8) is 0 Å². The number of halogens is 4. The molecule has 0 aliphatic carbocycles. The van der Waals surface area contributed by atoms with Crippen LogP contribution in [0.15, 0.2) is 48.5 Å². The van der Waals surface area contributed by atoms with Gasteiger partial charge < -0.3 is 10.8 Å². The molecule has 0 unspecified atom stereocenters. The van der Waals surface area contributed by atoms with Crippen LogP contribution in [0.3, 0.4) is 0 Å². The molecule has 0 heterocycles. The third-order valence-corrected chi connectivity index (χ3v) is 2.59. The summed E-state index contributed by atoms with van der Waals surface area (Å²) in [4.78, 5) is 20.8. The van der Waals surface area contributed by atoms with Crippen LogP contribution >= 0.6 is 0 Å². The van der Waals surface area contributed by atoms with Crippen molar-refractivity contribution in [2.75, 3.05) is 0 Å². The monoisotopic (exact) mass is 329 g/mol. The number of aromatic carboxylic acids is 1. The van der Waals surface area contributed by atoms with Crippen LogP contribution in [0.25, 0.3) is 0 Å². The van der Waals surface area contributed by atoms with Crippen molar-refractivity contribution in [3.8, 4) is 0 Å². The largest absolute Gasteiger partial charge is 0.478 e. The standard InChI is InChI=1S/C8H4F4O2.C7H7NO/c9-5-3-1-2-4(8(10,11)12)6(5)7(13)14;8-7(9)6-4-2-1-3-5-6/h1-3H,(H,13,14);1-5H,(H2,8,9). The van der Waals surface area contributed by atoms with Crippen molar-refractivity contribution >= 4 is 11.9 Å². The summed E-state index contributed by atoms with van der Waals surface area (Å²) in [5.74, 6) is -3.71. The first kappa shape index (κ1) is 18.1. The second kappa shape index (κ2) is 7.39. The van der Waals surface area contributed by atoms with Crippen LogP contribution in [0.4, 0.5) is 17.6 Å². The predicted octanol–water partition coefficient (Wildman–Crippen LogP) is 3.33. The van der Waals surface area contributed by atoms with Crippen LogP contribution in [0.2, 0.25) is 0 Å². The van der Waals surface area contributed by atoms with Crippen LogP contribution in [-0.2, 0) is 6.18 Å². The Morgan fingerprint density at radius 3 is 1.87 bits per heavy atom. The molecule has 0 radical (unpaired) electrons. The van der Waals surface area contributed by atoms with Crippen molar-refractivity contribution < 1.29 is 32.3 Å². The minimum atomic E-state index is -4.87. The molecular weight excluding hydrogens is 318 g/mol. The average Bonchev–Trinajstić information content (AvgIpc) is 2.47. The van der Waals surface area contributed by atoms with E-state index in [-0.39, 0.29) is 5.91 Å². The topological polar surface area (TPSA) is 80.4 Å². The highest BCUT2D eigenvalue weighted by atomic mass is 19.4. The maximum Gasteiger partial charge on any atom is 0.417 e. The van der Waals surface area contributed by atoms with Gasteiger partial charge in [0, 0.05) is 5.56 Å². The summed E-state index contributed by atoms with van der Waals surface area (Å²) in [6.07, 6.45) is -4.87. The molecule has 2 aromatic carbocycles. The second-order valence-corrected chi connectivity index (χ2v) is 4.20. The first-order chi connectivity index (χ1) is 10.6. The molecule has 2 rings (SSSR count). The van der Waals surface area contributed by atoms with Crippen LogP contribution in [0.5, 0.6) is 0 Å². The van der Waals surface area contributed by atoms with E-state index in [0.717, 1.165) is 6.07 Å². The van der Waals surface area contributed by atoms with Crippen molar-refractivity contribution in [1.82, 2.24) is 0 Å². The lowest BCUT2D eigenvalue weighted by molar-refractivity contribution is -0.138. The van der Waals surface area contributed by atoms with Crippen LogP contribution in [0, 0.1) is 5.82 Å². The quantitative estimate of drug-likeness (QED) is 0.829. The Bertz CT molecular complexity index is 700. The number of hydrogen-bond donors (Lipinski definition) is 2. The highest BCUT2D eigenvalue weighted by Crippen LogP contribution is 2.32. The number of carbonyl (C=O) groups excluding carboxylic acids is 1. The molecule has 1 amide bonds. The van der Waals surface area contributed by atoms with E-state index < -0.39 is 29.1 Å². The number of amides is 1. The maximum atomic E-state index is 12.8. The molecule has 0 atom stereocenters. The number of hydrogen-bond acceptors (Lipinski definition) is 2. The fourth-order valence-electron chi connectivity index (χ4n) is 1.58. The van der Waals surface area contributed by atoms with Gasteiger partial charge in [-0.25, -0.2) is 9.18 Å². The molecule has 3 N–H and O–H groups in total. The van der Waals surface area contributed by atoms with Gasteiger partial charge in [0.1, 0.15) is 11.4 Å². The fourth-order valence-corrected chi connectivity index (χ4v) is 1.58. The van der Waals surface area contributed by atoms with Crippen molar-refractivity contribution in [1.29, 1.82) is 0 Å². The Morgan fingerprint density at radius 1 is 0.957 bits per heavy atom. The Kier molecular flexibility index (Phi) is 5.83. The first-order valence-electron chi connectivity index (χ1n) is 6.08. The lowest BCUT2D eigenvalue weighted by atomic mass is 10.1. The summed E-state index contributed by atoms with van der Waals surface area (Å²) in [5, 5.41) is 8.37.